The normalized spacial score (nSPS) is 11.5. The molecule has 2 aromatic heterocycles. The molecular weight excluding hydrogens is 1850 g/mol. The van der Waals surface area contributed by atoms with Gasteiger partial charge >= 0.3 is 0 Å². The van der Waals surface area contributed by atoms with Crippen molar-refractivity contribution in [2.45, 2.75) is 53.4 Å². The van der Waals surface area contributed by atoms with Crippen molar-refractivity contribution in [1.82, 2.24) is 0 Å². The highest BCUT2D eigenvalue weighted by molar-refractivity contribution is 7.20. The van der Waals surface area contributed by atoms with Crippen LogP contribution in [0, 0.1) is 13.8 Å². The van der Waals surface area contributed by atoms with Crippen molar-refractivity contribution in [3.63, 3.8) is 0 Å². The van der Waals surface area contributed by atoms with E-state index in [1.807, 2.05) is 22.7 Å². The number of nitrogens with zero attached hydrogens (tertiary/aromatic N) is 4. The van der Waals surface area contributed by atoms with E-state index < -0.39 is 0 Å². The van der Waals surface area contributed by atoms with Crippen LogP contribution in [-0.4, -0.2) is 0 Å². The minimum Gasteiger partial charge on any atom is -0.310 e. The summed E-state index contributed by atoms with van der Waals surface area (Å²) in [7, 11) is 0. The molecule has 0 fully saturated rings. The van der Waals surface area contributed by atoms with Crippen LogP contribution in [-0.2, 0) is 0 Å². The Morgan fingerprint density at radius 3 is 0.700 bits per heavy atom. The first kappa shape index (κ1) is 93.0. The SMILES string of the molecule is Cc1ccc(N(c2ccc(-c3cc(C(C)C)c4ccc5c(-c6ccc(N(c7ccc(-c8ccccc8)cc7)c7ccccc7-c7ccccc7)cc6)cc(C(C)C)c6ccc3c4c56)cc2)c2ccccc2-c2ccccc2)cc1.Cc1ccc(N(c2ccc(-c3ccc4ccc5c(-c6ccc(N(c7ccc(-c8ccccc8)cc7)c7ccccc7-c7ccccc7)s6)ccc6ccc3c4c65)s2)c2ccccc2-c2ccccc2)cc1. The zero-order valence-electron chi connectivity index (χ0n) is 84.6. The van der Waals surface area contributed by atoms with Crippen LogP contribution in [0.4, 0.5) is 66.9 Å². The van der Waals surface area contributed by atoms with Gasteiger partial charge in [-0.2, -0.15) is 0 Å². The van der Waals surface area contributed by atoms with E-state index in [9.17, 15) is 0 Å². The number of thiophene rings is 2. The lowest BCUT2D eigenvalue weighted by Gasteiger charge is -2.28. The van der Waals surface area contributed by atoms with Crippen LogP contribution in [0.15, 0.2) is 534 Å². The molecular formula is C144H108N4S2. The summed E-state index contributed by atoms with van der Waals surface area (Å²) in [5.41, 5.74) is 38.2. The summed E-state index contributed by atoms with van der Waals surface area (Å²) in [4.78, 5) is 12.1. The van der Waals surface area contributed by atoms with Gasteiger partial charge < -0.3 is 19.6 Å². The van der Waals surface area contributed by atoms with Gasteiger partial charge in [0.1, 0.15) is 10.0 Å². The lowest BCUT2D eigenvalue weighted by molar-refractivity contribution is 0.876. The zero-order valence-corrected chi connectivity index (χ0v) is 86.2. The lowest BCUT2D eigenvalue weighted by Crippen LogP contribution is -2.11. The number of para-hydroxylation sites is 4. The molecule has 0 atom stereocenters. The van der Waals surface area contributed by atoms with Crippen molar-refractivity contribution in [1.29, 1.82) is 0 Å². The first-order valence-electron chi connectivity index (χ1n) is 52.0. The first-order valence-corrected chi connectivity index (χ1v) is 53.7. The number of benzene rings is 24. The summed E-state index contributed by atoms with van der Waals surface area (Å²) >= 11 is 3.69. The summed E-state index contributed by atoms with van der Waals surface area (Å²) in [6.07, 6.45) is 0. The summed E-state index contributed by atoms with van der Waals surface area (Å²) in [6, 6.07) is 196. The highest BCUT2D eigenvalue weighted by Crippen LogP contribution is 2.55. The summed E-state index contributed by atoms with van der Waals surface area (Å²) in [5.74, 6) is 0.627. The highest BCUT2D eigenvalue weighted by atomic mass is 32.1. The van der Waals surface area contributed by atoms with Gasteiger partial charge in [-0.05, 0) is 313 Å². The predicted octanol–water partition coefficient (Wildman–Crippen LogP) is 42.7. The zero-order chi connectivity index (χ0) is 101. The molecule has 150 heavy (non-hydrogen) atoms. The Morgan fingerprint density at radius 2 is 0.393 bits per heavy atom. The quantitative estimate of drug-likeness (QED) is 0.0559. The molecule has 0 aliphatic carbocycles. The second-order valence-electron chi connectivity index (χ2n) is 39.8. The van der Waals surface area contributed by atoms with Gasteiger partial charge in [0.25, 0.3) is 0 Å². The maximum Gasteiger partial charge on any atom is 0.101 e. The van der Waals surface area contributed by atoms with E-state index in [-0.39, 0.29) is 0 Å². The van der Waals surface area contributed by atoms with E-state index in [2.05, 4.69) is 595 Å². The van der Waals surface area contributed by atoms with Gasteiger partial charge in [-0.25, -0.2) is 0 Å². The lowest BCUT2D eigenvalue weighted by atomic mass is 9.81. The average molecular weight is 1960 g/mol. The molecule has 26 rings (SSSR count). The van der Waals surface area contributed by atoms with Crippen LogP contribution >= 0.6 is 22.7 Å². The Morgan fingerprint density at radius 1 is 0.167 bits per heavy atom. The molecule has 0 N–H and O–H groups in total. The molecule has 0 aliphatic rings. The largest absolute Gasteiger partial charge is 0.310 e. The predicted molar refractivity (Wildman–Crippen MR) is 647 cm³/mol. The van der Waals surface area contributed by atoms with E-state index in [1.54, 1.807) is 0 Å². The standard InChI is InChI=1S/C77H62N2.C67H46N2S2/c1-51(2)70-49-72(58-33-41-62(42-34-58)78(60-37-29-53(5)30-38-60)74-27-17-15-25-64(74)56-21-11-7-12-22-56)68-47-45-67-71(52(3)4)50-73(69-48-46-66(70)76(68)77(67)69)59-35-43-63(44-36-59)79(61-39-31-55(32-40-61)54-19-9-6-10-20-54)75-28-18-16-26-65(75)57-23-13-8-14-24-57;1-45-25-33-52(34-26-45)68(60-23-13-11-21-54(60)48-17-7-3-8-18-48)64-43-41-62(70-64)56-37-29-50-32-40-59-57(38-30-51-31-39-58(56)66(50)67(51)59)63-42-44-65(71-63)69(53-35-27-47(28-36-53)46-15-5-2-6-16-46)61-24-14-12-22-55(61)49-19-9-4-10-20-49/h6-52H,1-5H3;2-44H,1H3. The maximum atomic E-state index is 2.48. The van der Waals surface area contributed by atoms with E-state index in [0.29, 0.717) is 11.8 Å². The van der Waals surface area contributed by atoms with E-state index >= 15 is 0 Å². The Kier molecular flexibility index (Phi) is 25.1. The molecule has 716 valence electrons. The molecule has 0 radical (unpaired) electrons. The third kappa shape index (κ3) is 17.6. The molecule has 0 saturated heterocycles. The monoisotopic (exact) mass is 1960 g/mol. The molecule has 4 nitrogen and oxygen atoms in total. The Hall–Kier alpha value is -18.0. The molecule has 6 heteroatoms. The summed E-state index contributed by atoms with van der Waals surface area (Å²) in [6.45, 7) is 13.7. The van der Waals surface area contributed by atoms with Crippen molar-refractivity contribution in [2.75, 3.05) is 19.6 Å². The molecule has 2 heterocycles. The van der Waals surface area contributed by atoms with Gasteiger partial charge in [0.2, 0.25) is 0 Å². The molecule has 0 bridgehead atoms. The van der Waals surface area contributed by atoms with Crippen molar-refractivity contribution in [2.24, 2.45) is 0 Å². The Balaban J connectivity index is 0.000000156. The van der Waals surface area contributed by atoms with E-state index in [4.69, 9.17) is 0 Å². The number of aryl methyl sites for hydroxylation is 2. The first-order chi connectivity index (χ1) is 73.9. The fourth-order valence-corrected chi connectivity index (χ4v) is 24.6. The topological polar surface area (TPSA) is 13.0 Å². The van der Waals surface area contributed by atoms with Crippen LogP contribution in [0.2, 0.25) is 0 Å². The van der Waals surface area contributed by atoms with Gasteiger partial charge in [-0.15, -0.1) is 22.7 Å². The molecule has 0 spiro atoms. The van der Waals surface area contributed by atoms with Crippen molar-refractivity contribution in [3.8, 4) is 110 Å². The van der Waals surface area contributed by atoms with Gasteiger partial charge in [0, 0.05) is 66.1 Å². The van der Waals surface area contributed by atoms with Crippen LogP contribution in [0.3, 0.4) is 0 Å². The fraction of sp³-hybridized carbons (Fsp3) is 0.0556. The van der Waals surface area contributed by atoms with E-state index in [0.717, 1.165) is 61.9 Å². The average Bonchev–Trinajstić information content (AvgIpc) is 1.19. The van der Waals surface area contributed by atoms with Crippen LogP contribution in [0.25, 0.3) is 175 Å². The third-order valence-electron chi connectivity index (χ3n) is 29.9. The van der Waals surface area contributed by atoms with Crippen molar-refractivity contribution in [3.05, 3.63) is 556 Å². The molecule has 0 aliphatic heterocycles. The number of hydrogen-bond acceptors (Lipinski definition) is 6. The van der Waals surface area contributed by atoms with Crippen LogP contribution in [0.5, 0.6) is 0 Å². The smallest absolute Gasteiger partial charge is 0.101 e. The minimum absolute atomic E-state index is 0.312. The van der Waals surface area contributed by atoms with Crippen LogP contribution in [0.1, 0.15) is 61.8 Å². The molecule has 0 saturated carbocycles. The Labute approximate surface area is 886 Å². The third-order valence-corrected chi connectivity index (χ3v) is 32.1. The number of hydrogen-bond donors (Lipinski definition) is 0. The van der Waals surface area contributed by atoms with E-state index in [1.165, 1.54) is 202 Å². The van der Waals surface area contributed by atoms with Crippen LogP contribution < -0.4 is 19.6 Å². The minimum atomic E-state index is 0.312. The summed E-state index contributed by atoms with van der Waals surface area (Å²) in [5, 5.41) is 17.9. The van der Waals surface area contributed by atoms with Gasteiger partial charge in [0.05, 0.1) is 22.7 Å². The number of rotatable bonds is 24. The maximum absolute atomic E-state index is 2.48. The molecule has 0 amide bonds. The van der Waals surface area contributed by atoms with Gasteiger partial charge in [0.15, 0.2) is 0 Å². The van der Waals surface area contributed by atoms with Crippen molar-refractivity contribution < 1.29 is 0 Å². The molecule has 24 aromatic carbocycles. The highest BCUT2D eigenvalue weighted by Gasteiger charge is 2.29. The van der Waals surface area contributed by atoms with Crippen molar-refractivity contribution >= 4 is 154 Å². The molecule has 26 aromatic rings. The Bertz CT molecular complexity index is 9330. The fourth-order valence-electron chi connectivity index (χ4n) is 22.5. The second-order valence-corrected chi connectivity index (χ2v) is 41.9. The summed E-state index contributed by atoms with van der Waals surface area (Å²) < 4.78 is 0. The van der Waals surface area contributed by atoms with Gasteiger partial charge in [-0.1, -0.05) is 439 Å². The number of anilines is 12. The molecule has 0 unspecified atom stereocenters. The van der Waals surface area contributed by atoms with Gasteiger partial charge in [-0.3, -0.25) is 0 Å². The second kappa shape index (κ2) is 40.4.